The maximum absolute atomic E-state index is 14.3. The lowest BCUT2D eigenvalue weighted by molar-refractivity contribution is -0.129. The minimum atomic E-state index is -1.30. The summed E-state index contributed by atoms with van der Waals surface area (Å²) in [4.78, 5) is 40.5. The standard InChI is InChI=1S/C35H35ClN2O10/c1-35(2,18-39)17-38-24-11-9-19(36)15-22(24)29(21-7-6-8-26(44-3)30(21)45-4)48-27(33(38)41)13-14-28(40)37-20-10-12-25-23(16-20)31(46-5)32(47-25)34(42)43/h6-16,27,29,39H,17-18H2,1-5H3,(H,37,40)(H,42,43)/b14-13+/t27?,29-/m1/s1. The molecule has 2 heterocycles. The van der Waals surface area contributed by atoms with Gasteiger partial charge in [-0.2, -0.15) is 0 Å². The van der Waals surface area contributed by atoms with E-state index in [0.29, 0.717) is 44.4 Å². The molecule has 4 aromatic rings. The fourth-order valence-corrected chi connectivity index (χ4v) is 5.70. The lowest BCUT2D eigenvalue weighted by atomic mass is 9.92. The average molecular weight is 679 g/mol. The summed E-state index contributed by atoms with van der Waals surface area (Å²) >= 11 is 6.48. The van der Waals surface area contributed by atoms with E-state index in [4.69, 9.17) is 35.0 Å². The third kappa shape index (κ3) is 6.82. The molecule has 2 atom stereocenters. The van der Waals surface area contributed by atoms with Crippen LogP contribution in [0.25, 0.3) is 11.0 Å². The van der Waals surface area contributed by atoms with Crippen molar-refractivity contribution >= 4 is 51.7 Å². The van der Waals surface area contributed by atoms with Gasteiger partial charge >= 0.3 is 5.97 Å². The monoisotopic (exact) mass is 678 g/mol. The van der Waals surface area contributed by atoms with Crippen LogP contribution in [-0.2, 0) is 14.3 Å². The van der Waals surface area contributed by atoms with E-state index < -0.39 is 35.4 Å². The van der Waals surface area contributed by atoms with E-state index in [1.807, 2.05) is 13.8 Å². The number of aromatic carboxylic acids is 1. The average Bonchev–Trinajstić information content (AvgIpc) is 3.40. The Balaban J connectivity index is 1.54. The molecule has 3 N–H and O–H groups in total. The molecule has 1 aliphatic heterocycles. The Morgan fingerprint density at radius 2 is 1.77 bits per heavy atom. The Morgan fingerprint density at radius 1 is 1.02 bits per heavy atom. The fourth-order valence-electron chi connectivity index (χ4n) is 5.51. The van der Waals surface area contributed by atoms with Crippen LogP contribution >= 0.6 is 11.6 Å². The Hall–Kier alpha value is -5.04. The van der Waals surface area contributed by atoms with Gasteiger partial charge in [0.15, 0.2) is 23.4 Å². The molecule has 0 saturated carbocycles. The predicted molar refractivity (Wildman–Crippen MR) is 178 cm³/mol. The van der Waals surface area contributed by atoms with Crippen LogP contribution in [-0.4, -0.2) is 68.6 Å². The molecule has 0 aliphatic carbocycles. The first-order valence-corrected chi connectivity index (χ1v) is 15.2. The fraction of sp³-hybridized carbons (Fsp3) is 0.286. The number of rotatable bonds is 11. The third-order valence-corrected chi connectivity index (χ3v) is 8.05. The number of aliphatic hydroxyl groups excluding tert-OH is 1. The normalized spacial score (nSPS) is 16.5. The van der Waals surface area contributed by atoms with Crippen molar-refractivity contribution in [3.63, 3.8) is 0 Å². The van der Waals surface area contributed by atoms with Gasteiger partial charge in [0.2, 0.25) is 5.91 Å². The van der Waals surface area contributed by atoms with Crippen LogP contribution in [0.2, 0.25) is 5.02 Å². The molecule has 252 valence electrons. The van der Waals surface area contributed by atoms with Gasteiger partial charge in [0.25, 0.3) is 11.7 Å². The molecule has 0 spiro atoms. The van der Waals surface area contributed by atoms with Gasteiger partial charge in [0.1, 0.15) is 11.7 Å². The maximum atomic E-state index is 14.3. The molecule has 0 bridgehead atoms. The Morgan fingerprint density at radius 3 is 2.44 bits per heavy atom. The van der Waals surface area contributed by atoms with E-state index in [0.717, 1.165) is 0 Å². The number of ether oxygens (including phenoxy) is 4. The number of nitrogens with zero attached hydrogens (tertiary/aromatic N) is 1. The van der Waals surface area contributed by atoms with Crippen LogP contribution in [0, 0.1) is 5.41 Å². The first kappa shape index (κ1) is 34.3. The molecule has 12 nitrogen and oxygen atoms in total. The highest BCUT2D eigenvalue weighted by Crippen LogP contribution is 2.45. The van der Waals surface area contributed by atoms with Crippen molar-refractivity contribution in [3.8, 4) is 17.2 Å². The molecule has 0 fully saturated rings. The smallest absolute Gasteiger partial charge is 0.375 e. The lowest BCUT2D eigenvalue weighted by Gasteiger charge is -2.32. The van der Waals surface area contributed by atoms with Crippen molar-refractivity contribution in [2.45, 2.75) is 26.1 Å². The first-order chi connectivity index (χ1) is 22.9. The van der Waals surface area contributed by atoms with Crippen molar-refractivity contribution in [3.05, 3.63) is 88.7 Å². The number of anilines is 2. The van der Waals surface area contributed by atoms with Gasteiger partial charge in [-0.15, -0.1) is 0 Å². The van der Waals surface area contributed by atoms with Gasteiger partial charge in [-0.1, -0.05) is 37.6 Å². The topological polar surface area (TPSA) is 157 Å². The van der Waals surface area contributed by atoms with Crippen molar-refractivity contribution < 1.29 is 48.0 Å². The second kappa shape index (κ2) is 14.0. The van der Waals surface area contributed by atoms with Gasteiger partial charge in [0, 0.05) is 52.2 Å². The van der Waals surface area contributed by atoms with Crippen LogP contribution in [0.4, 0.5) is 11.4 Å². The second-order valence-electron chi connectivity index (χ2n) is 11.8. The Bertz CT molecular complexity index is 1900. The molecule has 1 aromatic heterocycles. The summed E-state index contributed by atoms with van der Waals surface area (Å²) in [7, 11) is 4.33. The molecule has 3 aromatic carbocycles. The Labute approximate surface area is 281 Å². The summed E-state index contributed by atoms with van der Waals surface area (Å²) < 4.78 is 28.4. The van der Waals surface area contributed by atoms with Crippen LogP contribution in [0.5, 0.6) is 17.2 Å². The quantitative estimate of drug-likeness (QED) is 0.165. The summed E-state index contributed by atoms with van der Waals surface area (Å²) in [6.45, 7) is 3.58. The molecule has 1 unspecified atom stereocenters. The van der Waals surface area contributed by atoms with E-state index in [-0.39, 0.29) is 30.2 Å². The number of carbonyl (C=O) groups excluding carboxylic acids is 2. The first-order valence-electron chi connectivity index (χ1n) is 14.8. The molecular formula is C35H35ClN2O10. The number of halogens is 1. The summed E-state index contributed by atoms with van der Waals surface area (Å²) in [5.74, 6) is -1.86. The maximum Gasteiger partial charge on any atom is 0.375 e. The van der Waals surface area contributed by atoms with Gasteiger partial charge in [0.05, 0.1) is 26.7 Å². The number of methoxy groups -OCH3 is 3. The number of fused-ring (bicyclic) bond motifs is 2. The van der Waals surface area contributed by atoms with E-state index in [1.54, 1.807) is 42.5 Å². The number of hydrogen-bond acceptors (Lipinski definition) is 9. The summed E-state index contributed by atoms with van der Waals surface area (Å²) in [6, 6.07) is 15.0. The van der Waals surface area contributed by atoms with E-state index in [2.05, 4.69) is 5.32 Å². The van der Waals surface area contributed by atoms with Crippen molar-refractivity contribution in [2.75, 3.05) is 44.7 Å². The van der Waals surface area contributed by atoms with Crippen LogP contribution in [0.15, 0.2) is 71.2 Å². The van der Waals surface area contributed by atoms with Crippen LogP contribution in [0.1, 0.15) is 41.6 Å². The molecule has 2 amide bonds. The largest absolute Gasteiger partial charge is 0.493 e. The lowest BCUT2D eigenvalue weighted by Crippen LogP contribution is -2.44. The highest BCUT2D eigenvalue weighted by Gasteiger charge is 2.39. The third-order valence-electron chi connectivity index (χ3n) is 7.82. The van der Waals surface area contributed by atoms with Crippen LogP contribution < -0.4 is 24.4 Å². The van der Waals surface area contributed by atoms with Crippen molar-refractivity contribution in [1.29, 1.82) is 0 Å². The molecule has 0 saturated heterocycles. The van der Waals surface area contributed by atoms with Gasteiger partial charge in [-0.3, -0.25) is 9.59 Å². The van der Waals surface area contributed by atoms with Gasteiger partial charge in [-0.05, 0) is 48.5 Å². The molecular weight excluding hydrogens is 644 g/mol. The number of carboxylic acids is 1. The highest BCUT2D eigenvalue weighted by molar-refractivity contribution is 6.30. The molecule has 1 aliphatic rings. The van der Waals surface area contributed by atoms with Crippen LogP contribution in [0.3, 0.4) is 0 Å². The van der Waals surface area contributed by atoms with Crippen molar-refractivity contribution in [1.82, 2.24) is 0 Å². The number of hydrogen-bond donors (Lipinski definition) is 3. The summed E-state index contributed by atoms with van der Waals surface area (Å²) in [5.41, 5.74) is 1.54. The number of para-hydroxylation sites is 1. The summed E-state index contributed by atoms with van der Waals surface area (Å²) in [5, 5.41) is 23.0. The number of carbonyl (C=O) groups is 3. The zero-order valence-electron chi connectivity index (χ0n) is 26.9. The van der Waals surface area contributed by atoms with E-state index >= 15 is 0 Å². The van der Waals surface area contributed by atoms with Gasteiger partial charge < -0.3 is 43.8 Å². The number of carboxylic acid groups (broad SMARTS) is 1. The van der Waals surface area contributed by atoms with E-state index in [1.165, 1.54) is 50.5 Å². The molecule has 13 heteroatoms. The Kier molecular flexibility index (Phi) is 9.99. The number of benzene rings is 3. The summed E-state index contributed by atoms with van der Waals surface area (Å²) in [6.07, 6.45) is 0.364. The van der Waals surface area contributed by atoms with E-state index in [9.17, 15) is 24.6 Å². The SMILES string of the molecule is COc1cccc([C@H]2OC(/C=C/C(=O)Nc3ccc4oc(C(=O)O)c(OC)c4c3)C(=O)N(CC(C)(C)CO)c3ccc(Cl)cc32)c1OC. The molecule has 5 rings (SSSR count). The zero-order valence-corrected chi connectivity index (χ0v) is 27.7. The number of furan rings is 1. The number of amides is 2. The number of nitrogens with one attached hydrogen (secondary N) is 1. The molecule has 48 heavy (non-hydrogen) atoms. The highest BCUT2D eigenvalue weighted by atomic mass is 35.5. The minimum Gasteiger partial charge on any atom is -0.493 e. The zero-order chi connectivity index (χ0) is 34.7. The molecule has 0 radical (unpaired) electrons. The minimum absolute atomic E-state index is 0.0196. The number of aliphatic hydroxyl groups is 1. The van der Waals surface area contributed by atoms with Crippen molar-refractivity contribution in [2.24, 2.45) is 5.41 Å². The van der Waals surface area contributed by atoms with Gasteiger partial charge in [-0.25, -0.2) is 4.79 Å². The predicted octanol–water partition coefficient (Wildman–Crippen LogP) is 5.84. The second-order valence-corrected chi connectivity index (χ2v) is 12.2.